The number of aromatic nitrogens is 1. The van der Waals surface area contributed by atoms with Crippen molar-refractivity contribution >= 4 is 29.5 Å². The summed E-state index contributed by atoms with van der Waals surface area (Å²) in [4.78, 5) is 30.1. The third kappa shape index (κ3) is 3.54. The van der Waals surface area contributed by atoms with E-state index in [0.29, 0.717) is 5.57 Å². The van der Waals surface area contributed by atoms with Gasteiger partial charge in [-0.05, 0) is 82.9 Å². The molecule has 1 saturated heterocycles. The molecule has 28 heavy (non-hydrogen) atoms. The number of rotatable bonds is 6. The quantitative estimate of drug-likeness (QED) is 0.591. The first-order chi connectivity index (χ1) is 13.6. The lowest BCUT2D eigenvalue weighted by molar-refractivity contribution is -0.110. The molecule has 1 fully saturated rings. The number of hydrogen-bond donors (Lipinski definition) is 2. The van der Waals surface area contributed by atoms with E-state index in [4.69, 9.17) is 0 Å². The van der Waals surface area contributed by atoms with Crippen molar-refractivity contribution in [2.75, 3.05) is 25.0 Å². The van der Waals surface area contributed by atoms with Crippen molar-refractivity contribution in [3.63, 3.8) is 0 Å². The zero-order valence-electron chi connectivity index (χ0n) is 16.6. The van der Waals surface area contributed by atoms with Crippen molar-refractivity contribution in [1.82, 2.24) is 9.88 Å². The first-order valence-electron chi connectivity index (χ1n) is 10.1. The smallest absolute Gasteiger partial charge is 0.256 e. The standard InChI is InChI=1S/C23H27N3O2/c1-15-7-8-21-18(12-15)19(23(28)25-21)13-22-17(20(14-27)16(2)24-22)6-5-11-26-9-3-4-10-26/h7-8,12-14,24H,3-6,9-11H2,1-2H3,(H,25,28)/b19-13-. The number of carbonyl (C=O) groups excluding carboxylic acids is 2. The maximum atomic E-state index is 12.5. The number of nitrogens with one attached hydrogen (secondary N) is 2. The Hall–Kier alpha value is -2.66. The Bertz CT molecular complexity index is 949. The maximum Gasteiger partial charge on any atom is 0.256 e. The van der Waals surface area contributed by atoms with Gasteiger partial charge < -0.3 is 15.2 Å². The van der Waals surface area contributed by atoms with Crippen LogP contribution in [-0.4, -0.2) is 41.7 Å². The Labute approximate surface area is 165 Å². The van der Waals surface area contributed by atoms with Gasteiger partial charge in [0, 0.05) is 28.2 Å². The number of hydrogen-bond acceptors (Lipinski definition) is 3. The zero-order valence-corrected chi connectivity index (χ0v) is 16.6. The van der Waals surface area contributed by atoms with Crippen LogP contribution in [0.25, 0.3) is 11.6 Å². The van der Waals surface area contributed by atoms with Gasteiger partial charge in [0.15, 0.2) is 6.29 Å². The van der Waals surface area contributed by atoms with E-state index in [0.717, 1.165) is 65.0 Å². The monoisotopic (exact) mass is 377 g/mol. The second-order valence-corrected chi connectivity index (χ2v) is 7.89. The Morgan fingerprint density at radius 1 is 1.18 bits per heavy atom. The van der Waals surface area contributed by atoms with E-state index in [9.17, 15) is 9.59 Å². The van der Waals surface area contributed by atoms with E-state index in [2.05, 4.69) is 15.2 Å². The third-order valence-corrected chi connectivity index (χ3v) is 5.84. The number of fused-ring (bicyclic) bond motifs is 1. The summed E-state index contributed by atoms with van der Waals surface area (Å²) in [6.07, 6.45) is 7.26. The van der Waals surface area contributed by atoms with Gasteiger partial charge in [-0.1, -0.05) is 11.6 Å². The highest BCUT2D eigenvalue weighted by Crippen LogP contribution is 2.34. The highest BCUT2D eigenvalue weighted by atomic mass is 16.2. The number of aromatic amines is 1. The van der Waals surface area contributed by atoms with Crippen LogP contribution in [0.2, 0.25) is 0 Å². The molecule has 1 amide bonds. The number of nitrogens with zero attached hydrogens (tertiary/aromatic N) is 1. The molecule has 2 aromatic rings. The van der Waals surface area contributed by atoms with Crippen LogP contribution in [0.4, 0.5) is 5.69 Å². The number of aryl methyl sites for hydroxylation is 2. The molecule has 146 valence electrons. The number of H-pyrrole nitrogens is 1. The summed E-state index contributed by atoms with van der Waals surface area (Å²) in [5.74, 6) is -0.0940. The van der Waals surface area contributed by atoms with E-state index in [-0.39, 0.29) is 5.91 Å². The molecule has 2 N–H and O–H groups in total. The van der Waals surface area contributed by atoms with Gasteiger partial charge in [0.1, 0.15) is 0 Å². The largest absolute Gasteiger partial charge is 0.358 e. The number of anilines is 1. The molecule has 0 radical (unpaired) electrons. The predicted octanol–water partition coefficient (Wildman–Crippen LogP) is 3.97. The highest BCUT2D eigenvalue weighted by molar-refractivity contribution is 6.35. The molecule has 0 unspecified atom stereocenters. The van der Waals surface area contributed by atoms with Gasteiger partial charge in [0.05, 0.1) is 5.57 Å². The van der Waals surface area contributed by atoms with Gasteiger partial charge in [-0.15, -0.1) is 0 Å². The second-order valence-electron chi connectivity index (χ2n) is 7.89. The van der Waals surface area contributed by atoms with Gasteiger partial charge in [0.2, 0.25) is 0 Å². The van der Waals surface area contributed by atoms with E-state index in [1.54, 1.807) is 0 Å². The summed E-state index contributed by atoms with van der Waals surface area (Å²) in [6.45, 7) is 7.36. The number of amides is 1. The Morgan fingerprint density at radius 2 is 1.96 bits per heavy atom. The summed E-state index contributed by atoms with van der Waals surface area (Å²) in [6, 6.07) is 5.97. The molecular formula is C23H27N3O2. The predicted molar refractivity (Wildman–Crippen MR) is 113 cm³/mol. The van der Waals surface area contributed by atoms with Gasteiger partial charge in [-0.2, -0.15) is 0 Å². The molecule has 5 nitrogen and oxygen atoms in total. The molecule has 0 bridgehead atoms. The molecule has 2 aliphatic heterocycles. The summed E-state index contributed by atoms with van der Waals surface area (Å²) >= 11 is 0. The molecule has 1 aromatic heterocycles. The minimum absolute atomic E-state index is 0.0940. The van der Waals surface area contributed by atoms with Crippen LogP contribution in [0.1, 0.15) is 57.7 Å². The average Bonchev–Trinajstić information content (AvgIpc) is 3.36. The van der Waals surface area contributed by atoms with E-state index < -0.39 is 0 Å². The maximum absolute atomic E-state index is 12.5. The average molecular weight is 377 g/mol. The minimum Gasteiger partial charge on any atom is -0.358 e. The fourth-order valence-electron chi connectivity index (χ4n) is 4.34. The number of likely N-dealkylation sites (tertiary alicyclic amines) is 1. The van der Waals surface area contributed by atoms with E-state index >= 15 is 0 Å². The van der Waals surface area contributed by atoms with Crippen molar-refractivity contribution in [2.24, 2.45) is 0 Å². The van der Waals surface area contributed by atoms with Crippen LogP contribution < -0.4 is 5.32 Å². The number of carbonyl (C=O) groups is 2. The molecule has 1 aromatic carbocycles. The SMILES string of the molecule is Cc1ccc2c(c1)/C(=C/c1[nH]c(C)c(C=O)c1CCCN1CCCC1)C(=O)N2. The van der Waals surface area contributed by atoms with Crippen LogP contribution in [0.15, 0.2) is 18.2 Å². The van der Waals surface area contributed by atoms with Crippen molar-refractivity contribution in [2.45, 2.75) is 39.5 Å². The van der Waals surface area contributed by atoms with Crippen LogP contribution in [-0.2, 0) is 11.2 Å². The molecule has 0 saturated carbocycles. The molecule has 0 aliphatic carbocycles. The molecule has 5 heteroatoms. The molecular weight excluding hydrogens is 350 g/mol. The number of benzene rings is 1. The lowest BCUT2D eigenvalue weighted by Gasteiger charge is -2.14. The summed E-state index contributed by atoms with van der Waals surface area (Å²) in [5.41, 5.74) is 7.02. The topological polar surface area (TPSA) is 65.2 Å². The first kappa shape index (κ1) is 18.7. The minimum atomic E-state index is -0.0940. The van der Waals surface area contributed by atoms with Gasteiger partial charge in [-0.3, -0.25) is 9.59 Å². The molecule has 0 atom stereocenters. The Morgan fingerprint density at radius 3 is 2.71 bits per heavy atom. The van der Waals surface area contributed by atoms with Crippen molar-refractivity contribution < 1.29 is 9.59 Å². The number of aldehydes is 1. The first-order valence-corrected chi connectivity index (χ1v) is 10.1. The lowest BCUT2D eigenvalue weighted by atomic mass is 10.00. The van der Waals surface area contributed by atoms with Crippen molar-refractivity contribution in [1.29, 1.82) is 0 Å². The third-order valence-electron chi connectivity index (χ3n) is 5.84. The molecule has 0 spiro atoms. The molecule has 2 aliphatic rings. The van der Waals surface area contributed by atoms with Gasteiger partial charge in [-0.25, -0.2) is 0 Å². The van der Waals surface area contributed by atoms with Crippen LogP contribution in [0.3, 0.4) is 0 Å². The lowest BCUT2D eigenvalue weighted by Crippen LogP contribution is -2.20. The summed E-state index contributed by atoms with van der Waals surface area (Å²) in [5, 5.41) is 2.93. The van der Waals surface area contributed by atoms with Crippen molar-refractivity contribution in [3.05, 3.63) is 51.8 Å². The Balaban J connectivity index is 1.64. The normalized spacial score (nSPS) is 17.9. The fraction of sp³-hybridized carbons (Fsp3) is 0.391. The molecule has 4 rings (SSSR count). The Kier molecular flexibility index (Phi) is 5.18. The van der Waals surface area contributed by atoms with Gasteiger partial charge >= 0.3 is 0 Å². The zero-order chi connectivity index (χ0) is 19.7. The van der Waals surface area contributed by atoms with Crippen LogP contribution >= 0.6 is 0 Å². The van der Waals surface area contributed by atoms with E-state index in [1.165, 1.54) is 25.9 Å². The van der Waals surface area contributed by atoms with Gasteiger partial charge in [0.25, 0.3) is 5.91 Å². The van der Waals surface area contributed by atoms with Crippen molar-refractivity contribution in [3.8, 4) is 0 Å². The fourth-order valence-corrected chi connectivity index (χ4v) is 4.34. The second kappa shape index (κ2) is 7.76. The van der Waals surface area contributed by atoms with Crippen LogP contribution in [0, 0.1) is 13.8 Å². The highest BCUT2D eigenvalue weighted by Gasteiger charge is 2.25. The van der Waals surface area contributed by atoms with E-state index in [1.807, 2.05) is 38.1 Å². The molecule has 3 heterocycles. The summed E-state index contributed by atoms with van der Waals surface area (Å²) in [7, 11) is 0. The summed E-state index contributed by atoms with van der Waals surface area (Å²) < 4.78 is 0. The van der Waals surface area contributed by atoms with Crippen LogP contribution in [0.5, 0.6) is 0 Å².